The van der Waals surface area contributed by atoms with Gasteiger partial charge >= 0.3 is 0 Å². The molecule has 0 spiro atoms. The maximum atomic E-state index is 11.9. The SMILES string of the molecule is CNS(=O)(=O)c1cc(N)ccc1NC1CCCC1. The van der Waals surface area contributed by atoms with Crippen molar-refractivity contribution in [1.29, 1.82) is 0 Å². The van der Waals surface area contributed by atoms with E-state index in [0.29, 0.717) is 17.4 Å². The number of anilines is 2. The second-order valence-electron chi connectivity index (χ2n) is 4.59. The molecule has 0 aromatic heterocycles. The van der Waals surface area contributed by atoms with Gasteiger partial charge < -0.3 is 11.1 Å². The van der Waals surface area contributed by atoms with Crippen LogP contribution in [0.5, 0.6) is 0 Å². The van der Waals surface area contributed by atoms with E-state index in [9.17, 15) is 8.42 Å². The number of rotatable bonds is 4. The van der Waals surface area contributed by atoms with E-state index in [1.54, 1.807) is 12.1 Å². The monoisotopic (exact) mass is 269 g/mol. The van der Waals surface area contributed by atoms with Gasteiger partial charge in [-0.25, -0.2) is 13.1 Å². The Kier molecular flexibility index (Phi) is 3.77. The molecule has 0 unspecified atom stereocenters. The molecule has 1 aliphatic carbocycles. The summed E-state index contributed by atoms with van der Waals surface area (Å²) in [6, 6.07) is 5.30. The van der Waals surface area contributed by atoms with E-state index in [-0.39, 0.29) is 4.90 Å². The van der Waals surface area contributed by atoms with Crippen LogP contribution >= 0.6 is 0 Å². The Morgan fingerprint density at radius 1 is 1.28 bits per heavy atom. The Balaban J connectivity index is 2.34. The van der Waals surface area contributed by atoms with Crippen LogP contribution in [0.25, 0.3) is 0 Å². The van der Waals surface area contributed by atoms with Gasteiger partial charge in [0.1, 0.15) is 4.90 Å². The molecule has 1 saturated carbocycles. The van der Waals surface area contributed by atoms with Gasteiger partial charge in [-0.3, -0.25) is 0 Å². The molecule has 1 aliphatic rings. The molecule has 0 saturated heterocycles. The molecule has 6 heteroatoms. The lowest BCUT2D eigenvalue weighted by Crippen LogP contribution is -2.22. The third kappa shape index (κ3) is 2.76. The summed E-state index contributed by atoms with van der Waals surface area (Å²) in [5.74, 6) is 0. The van der Waals surface area contributed by atoms with Gasteiger partial charge in [0.25, 0.3) is 0 Å². The van der Waals surface area contributed by atoms with Crippen molar-refractivity contribution in [2.45, 2.75) is 36.6 Å². The van der Waals surface area contributed by atoms with Crippen molar-refractivity contribution in [3.8, 4) is 0 Å². The van der Waals surface area contributed by atoms with E-state index in [1.807, 2.05) is 0 Å². The van der Waals surface area contributed by atoms with Gasteiger partial charge in [-0.2, -0.15) is 0 Å². The molecule has 0 aliphatic heterocycles. The molecule has 0 amide bonds. The highest BCUT2D eigenvalue weighted by Crippen LogP contribution is 2.28. The van der Waals surface area contributed by atoms with E-state index in [2.05, 4.69) is 10.0 Å². The van der Waals surface area contributed by atoms with E-state index < -0.39 is 10.0 Å². The Morgan fingerprint density at radius 3 is 2.56 bits per heavy atom. The molecule has 1 aromatic carbocycles. The Morgan fingerprint density at radius 2 is 1.94 bits per heavy atom. The van der Waals surface area contributed by atoms with Gasteiger partial charge in [0.15, 0.2) is 0 Å². The second kappa shape index (κ2) is 5.16. The second-order valence-corrected chi connectivity index (χ2v) is 6.44. The lowest BCUT2D eigenvalue weighted by atomic mass is 10.2. The summed E-state index contributed by atoms with van der Waals surface area (Å²) in [5, 5.41) is 3.30. The van der Waals surface area contributed by atoms with Gasteiger partial charge in [0.2, 0.25) is 10.0 Å². The average molecular weight is 269 g/mol. The van der Waals surface area contributed by atoms with E-state index in [1.165, 1.54) is 26.0 Å². The lowest BCUT2D eigenvalue weighted by Gasteiger charge is -2.17. The predicted molar refractivity (Wildman–Crippen MR) is 73.0 cm³/mol. The first-order valence-electron chi connectivity index (χ1n) is 6.12. The predicted octanol–water partition coefficient (Wildman–Crippen LogP) is 1.53. The summed E-state index contributed by atoms with van der Waals surface area (Å²) in [6.45, 7) is 0. The first-order valence-corrected chi connectivity index (χ1v) is 7.61. The third-order valence-corrected chi connectivity index (χ3v) is 4.73. The number of hydrogen-bond donors (Lipinski definition) is 3. The van der Waals surface area contributed by atoms with Gasteiger partial charge in [0, 0.05) is 11.7 Å². The van der Waals surface area contributed by atoms with Crippen LogP contribution in [0.3, 0.4) is 0 Å². The smallest absolute Gasteiger partial charge is 0.242 e. The minimum atomic E-state index is -3.49. The van der Waals surface area contributed by atoms with Crippen molar-refractivity contribution in [2.24, 2.45) is 0 Å². The fourth-order valence-corrected chi connectivity index (χ4v) is 3.21. The Labute approximate surface area is 108 Å². The molecule has 2 rings (SSSR count). The van der Waals surface area contributed by atoms with Crippen molar-refractivity contribution in [2.75, 3.05) is 18.1 Å². The highest BCUT2D eigenvalue weighted by molar-refractivity contribution is 7.89. The molecule has 4 N–H and O–H groups in total. The summed E-state index contributed by atoms with van der Waals surface area (Å²) in [4.78, 5) is 0.219. The summed E-state index contributed by atoms with van der Waals surface area (Å²) >= 11 is 0. The first-order chi connectivity index (χ1) is 8.53. The number of hydrogen-bond acceptors (Lipinski definition) is 4. The van der Waals surface area contributed by atoms with Crippen LogP contribution in [0.1, 0.15) is 25.7 Å². The zero-order valence-electron chi connectivity index (χ0n) is 10.4. The maximum absolute atomic E-state index is 11.9. The lowest BCUT2D eigenvalue weighted by molar-refractivity contribution is 0.588. The van der Waals surface area contributed by atoms with Crippen LogP contribution in [0, 0.1) is 0 Å². The molecule has 1 aromatic rings. The highest BCUT2D eigenvalue weighted by Gasteiger charge is 2.21. The van der Waals surface area contributed by atoms with Crippen LogP contribution in [0.2, 0.25) is 0 Å². The average Bonchev–Trinajstić information content (AvgIpc) is 2.84. The molecule has 0 bridgehead atoms. The fraction of sp³-hybridized carbons (Fsp3) is 0.500. The molecule has 18 heavy (non-hydrogen) atoms. The summed E-state index contributed by atoms with van der Waals surface area (Å²) in [5.41, 5.74) is 6.74. The van der Waals surface area contributed by atoms with Crippen LogP contribution < -0.4 is 15.8 Å². The van der Waals surface area contributed by atoms with Crippen molar-refractivity contribution >= 4 is 21.4 Å². The largest absolute Gasteiger partial charge is 0.399 e. The summed E-state index contributed by atoms with van der Waals surface area (Å²) in [7, 11) is -2.08. The van der Waals surface area contributed by atoms with Gasteiger partial charge in [-0.1, -0.05) is 12.8 Å². The first kappa shape index (κ1) is 13.2. The van der Waals surface area contributed by atoms with Gasteiger partial charge in [0.05, 0.1) is 5.69 Å². The minimum absolute atomic E-state index is 0.219. The van der Waals surface area contributed by atoms with Crippen molar-refractivity contribution in [3.63, 3.8) is 0 Å². The molecule has 100 valence electrons. The number of nitrogens with two attached hydrogens (primary N) is 1. The van der Waals surface area contributed by atoms with Crippen LogP contribution in [-0.2, 0) is 10.0 Å². The van der Waals surface area contributed by atoms with Gasteiger partial charge in [-0.15, -0.1) is 0 Å². The Bertz CT molecular complexity index is 522. The Hall–Kier alpha value is -1.27. The van der Waals surface area contributed by atoms with E-state index in [0.717, 1.165) is 12.8 Å². The molecule has 0 atom stereocenters. The quantitative estimate of drug-likeness (QED) is 0.724. The third-order valence-electron chi connectivity index (χ3n) is 3.28. The zero-order chi connectivity index (χ0) is 13.2. The van der Waals surface area contributed by atoms with Crippen molar-refractivity contribution in [3.05, 3.63) is 18.2 Å². The van der Waals surface area contributed by atoms with E-state index >= 15 is 0 Å². The van der Waals surface area contributed by atoms with Crippen LogP contribution in [0.15, 0.2) is 23.1 Å². The van der Waals surface area contributed by atoms with Crippen molar-refractivity contribution < 1.29 is 8.42 Å². The topological polar surface area (TPSA) is 84.2 Å². The maximum Gasteiger partial charge on any atom is 0.242 e. The summed E-state index contributed by atoms with van der Waals surface area (Å²) in [6.07, 6.45) is 4.56. The molecular formula is C12H19N3O2S. The zero-order valence-corrected chi connectivity index (χ0v) is 11.3. The fourth-order valence-electron chi connectivity index (χ4n) is 2.28. The molecule has 0 radical (unpaired) electrons. The minimum Gasteiger partial charge on any atom is -0.399 e. The normalized spacial score (nSPS) is 16.9. The van der Waals surface area contributed by atoms with Gasteiger partial charge in [-0.05, 0) is 38.1 Å². The summed E-state index contributed by atoms with van der Waals surface area (Å²) < 4.78 is 26.2. The molecule has 5 nitrogen and oxygen atoms in total. The van der Waals surface area contributed by atoms with Crippen molar-refractivity contribution in [1.82, 2.24) is 4.72 Å². The number of nitrogen functional groups attached to an aromatic ring is 1. The standard InChI is InChI=1S/C12H19N3O2S/c1-14-18(16,17)12-8-9(13)6-7-11(12)15-10-4-2-3-5-10/h6-8,10,14-15H,2-5,13H2,1H3. The highest BCUT2D eigenvalue weighted by atomic mass is 32.2. The van der Waals surface area contributed by atoms with E-state index in [4.69, 9.17) is 5.73 Å². The van der Waals surface area contributed by atoms with Crippen LogP contribution in [-0.4, -0.2) is 21.5 Å². The molecule has 0 heterocycles. The number of benzene rings is 1. The molecule has 1 fully saturated rings. The number of nitrogens with one attached hydrogen (secondary N) is 2. The molecular weight excluding hydrogens is 250 g/mol. The van der Waals surface area contributed by atoms with Crippen LogP contribution in [0.4, 0.5) is 11.4 Å². The number of sulfonamides is 1.